The Balaban J connectivity index is 1.94. The standard InChI is InChI=1S/C23H32N4O4/c1-23(2,3)31-22(30)27-18-11-9-17(10-12-18)20(28)26-15-19(21(29)25-14-13-24)16-7-5-4-6-8-16/h9-12,16,19H,4-8,14-15H2,1-3H3,(H,25,29)(H,26,28)(H,27,30). The third-order valence-electron chi connectivity index (χ3n) is 5.17. The maximum absolute atomic E-state index is 12.6. The molecule has 1 fully saturated rings. The van der Waals surface area contributed by atoms with E-state index in [1.165, 1.54) is 6.42 Å². The lowest BCUT2D eigenvalue weighted by Gasteiger charge is -2.29. The Morgan fingerprint density at radius 1 is 1.10 bits per heavy atom. The third-order valence-corrected chi connectivity index (χ3v) is 5.17. The van der Waals surface area contributed by atoms with Crippen LogP contribution in [0.2, 0.25) is 0 Å². The number of carbonyl (C=O) groups excluding carboxylic acids is 3. The molecule has 2 rings (SSSR count). The van der Waals surface area contributed by atoms with Crippen molar-refractivity contribution in [3.63, 3.8) is 0 Å². The molecule has 1 unspecified atom stereocenters. The first-order valence-corrected chi connectivity index (χ1v) is 10.7. The van der Waals surface area contributed by atoms with Crippen LogP contribution in [0.5, 0.6) is 0 Å². The van der Waals surface area contributed by atoms with Gasteiger partial charge >= 0.3 is 6.09 Å². The van der Waals surface area contributed by atoms with Gasteiger partial charge in [0.15, 0.2) is 0 Å². The Bertz CT molecular complexity index is 802. The van der Waals surface area contributed by atoms with E-state index in [-0.39, 0.29) is 36.7 Å². The number of carbonyl (C=O) groups is 3. The number of ether oxygens (including phenoxy) is 1. The lowest BCUT2D eigenvalue weighted by molar-refractivity contribution is -0.126. The van der Waals surface area contributed by atoms with Crippen molar-refractivity contribution < 1.29 is 19.1 Å². The molecule has 3 amide bonds. The minimum absolute atomic E-state index is 0.0396. The van der Waals surface area contributed by atoms with Gasteiger partial charge in [0.1, 0.15) is 12.1 Å². The molecule has 0 radical (unpaired) electrons. The van der Waals surface area contributed by atoms with Crippen molar-refractivity contribution in [2.75, 3.05) is 18.4 Å². The highest BCUT2D eigenvalue weighted by Gasteiger charge is 2.29. The molecule has 3 N–H and O–H groups in total. The summed E-state index contributed by atoms with van der Waals surface area (Å²) in [5.41, 5.74) is 0.342. The fraction of sp³-hybridized carbons (Fsp3) is 0.565. The molecule has 0 aliphatic heterocycles. The average molecular weight is 429 g/mol. The van der Waals surface area contributed by atoms with Gasteiger partial charge in [0.25, 0.3) is 5.91 Å². The first-order chi connectivity index (χ1) is 14.7. The van der Waals surface area contributed by atoms with E-state index in [2.05, 4.69) is 16.0 Å². The van der Waals surface area contributed by atoms with Gasteiger partial charge in [0.05, 0.1) is 12.0 Å². The Kier molecular flexibility index (Phi) is 8.86. The molecule has 31 heavy (non-hydrogen) atoms. The number of hydrogen-bond acceptors (Lipinski definition) is 5. The molecular formula is C23H32N4O4. The Morgan fingerprint density at radius 3 is 2.32 bits per heavy atom. The van der Waals surface area contributed by atoms with Crippen molar-refractivity contribution in [2.45, 2.75) is 58.5 Å². The first kappa shape index (κ1) is 24.2. The van der Waals surface area contributed by atoms with E-state index in [1.807, 2.05) is 6.07 Å². The quantitative estimate of drug-likeness (QED) is 0.573. The fourth-order valence-electron chi connectivity index (χ4n) is 3.70. The smallest absolute Gasteiger partial charge is 0.412 e. The molecule has 0 bridgehead atoms. The second-order valence-electron chi connectivity index (χ2n) is 8.79. The SMILES string of the molecule is CC(C)(C)OC(=O)Nc1ccc(C(=O)NCC(C(=O)NCC#N)C2CCCCC2)cc1. The molecule has 1 saturated carbocycles. The summed E-state index contributed by atoms with van der Waals surface area (Å²) in [7, 11) is 0. The molecule has 8 heteroatoms. The minimum atomic E-state index is -0.599. The average Bonchev–Trinajstić information content (AvgIpc) is 2.72. The van der Waals surface area contributed by atoms with Gasteiger partial charge in [-0.05, 0) is 63.8 Å². The summed E-state index contributed by atoms with van der Waals surface area (Å²) >= 11 is 0. The van der Waals surface area contributed by atoms with E-state index in [9.17, 15) is 14.4 Å². The molecule has 0 saturated heterocycles. The van der Waals surface area contributed by atoms with E-state index in [1.54, 1.807) is 45.0 Å². The van der Waals surface area contributed by atoms with E-state index in [4.69, 9.17) is 10.00 Å². The van der Waals surface area contributed by atoms with Crippen LogP contribution in [0, 0.1) is 23.2 Å². The molecular weight excluding hydrogens is 396 g/mol. The number of hydrogen-bond donors (Lipinski definition) is 3. The van der Waals surface area contributed by atoms with Gasteiger partial charge < -0.3 is 15.4 Å². The van der Waals surface area contributed by atoms with Crippen LogP contribution in [0.15, 0.2) is 24.3 Å². The molecule has 1 aromatic carbocycles. The maximum Gasteiger partial charge on any atom is 0.412 e. The zero-order valence-corrected chi connectivity index (χ0v) is 18.5. The molecule has 0 aromatic heterocycles. The summed E-state index contributed by atoms with van der Waals surface area (Å²) in [4.78, 5) is 37.0. The first-order valence-electron chi connectivity index (χ1n) is 10.7. The van der Waals surface area contributed by atoms with Crippen LogP contribution in [-0.4, -0.2) is 36.6 Å². The number of nitrogens with one attached hydrogen (secondary N) is 3. The largest absolute Gasteiger partial charge is 0.444 e. The van der Waals surface area contributed by atoms with E-state index in [0.717, 1.165) is 25.7 Å². The predicted molar refractivity (Wildman–Crippen MR) is 117 cm³/mol. The Hall–Kier alpha value is -3.08. The summed E-state index contributed by atoms with van der Waals surface area (Å²) in [6, 6.07) is 8.37. The zero-order chi connectivity index (χ0) is 22.9. The van der Waals surface area contributed by atoms with Crippen molar-refractivity contribution in [1.82, 2.24) is 10.6 Å². The van der Waals surface area contributed by atoms with Crippen LogP contribution in [0.3, 0.4) is 0 Å². The number of anilines is 1. The number of rotatable bonds is 7. The van der Waals surface area contributed by atoms with Gasteiger partial charge in [0.2, 0.25) is 5.91 Å². The van der Waals surface area contributed by atoms with Crippen LogP contribution in [-0.2, 0) is 9.53 Å². The highest BCUT2D eigenvalue weighted by molar-refractivity contribution is 5.95. The van der Waals surface area contributed by atoms with E-state index < -0.39 is 11.7 Å². The molecule has 1 aliphatic carbocycles. The highest BCUT2D eigenvalue weighted by atomic mass is 16.6. The van der Waals surface area contributed by atoms with Crippen LogP contribution in [0.4, 0.5) is 10.5 Å². The Morgan fingerprint density at radius 2 is 1.74 bits per heavy atom. The Labute approximate surface area is 183 Å². The van der Waals surface area contributed by atoms with Crippen molar-refractivity contribution in [2.24, 2.45) is 11.8 Å². The maximum atomic E-state index is 12.6. The molecule has 168 valence electrons. The zero-order valence-electron chi connectivity index (χ0n) is 18.5. The lowest BCUT2D eigenvalue weighted by Crippen LogP contribution is -2.43. The summed E-state index contributed by atoms with van der Waals surface area (Å²) in [6.45, 7) is 5.52. The monoisotopic (exact) mass is 428 g/mol. The van der Waals surface area contributed by atoms with Gasteiger partial charge in [-0.1, -0.05) is 19.3 Å². The third kappa shape index (κ3) is 8.28. The minimum Gasteiger partial charge on any atom is -0.444 e. The van der Waals surface area contributed by atoms with Gasteiger partial charge in [-0.15, -0.1) is 0 Å². The fourth-order valence-corrected chi connectivity index (χ4v) is 3.70. The summed E-state index contributed by atoms with van der Waals surface area (Å²) in [5.74, 6) is -0.637. The highest BCUT2D eigenvalue weighted by Crippen LogP contribution is 2.30. The molecule has 0 heterocycles. The van der Waals surface area contributed by atoms with Crippen molar-refractivity contribution in [3.05, 3.63) is 29.8 Å². The van der Waals surface area contributed by atoms with Crippen LogP contribution < -0.4 is 16.0 Å². The van der Waals surface area contributed by atoms with Gasteiger partial charge in [-0.2, -0.15) is 5.26 Å². The van der Waals surface area contributed by atoms with Gasteiger partial charge in [0, 0.05) is 17.8 Å². The number of nitrogens with zero attached hydrogens (tertiary/aromatic N) is 1. The topological polar surface area (TPSA) is 120 Å². The molecule has 1 atom stereocenters. The second kappa shape index (κ2) is 11.3. The van der Waals surface area contributed by atoms with Crippen LogP contribution in [0.1, 0.15) is 63.2 Å². The number of nitriles is 1. The molecule has 0 spiro atoms. The number of amides is 3. The van der Waals surface area contributed by atoms with Crippen molar-refractivity contribution in [1.29, 1.82) is 5.26 Å². The normalized spacial score (nSPS) is 15.3. The van der Waals surface area contributed by atoms with Crippen molar-refractivity contribution >= 4 is 23.6 Å². The number of benzene rings is 1. The second-order valence-corrected chi connectivity index (χ2v) is 8.79. The van der Waals surface area contributed by atoms with Crippen LogP contribution in [0.25, 0.3) is 0 Å². The molecule has 1 aromatic rings. The summed E-state index contributed by atoms with van der Waals surface area (Å²) in [6.07, 6.45) is 4.65. The van der Waals surface area contributed by atoms with Crippen molar-refractivity contribution in [3.8, 4) is 6.07 Å². The van der Waals surface area contributed by atoms with Crippen LogP contribution >= 0.6 is 0 Å². The van der Waals surface area contributed by atoms with Gasteiger partial charge in [-0.25, -0.2) is 4.79 Å². The van der Waals surface area contributed by atoms with E-state index in [0.29, 0.717) is 11.3 Å². The van der Waals surface area contributed by atoms with Gasteiger partial charge in [-0.3, -0.25) is 14.9 Å². The predicted octanol–water partition coefficient (Wildman–Crippen LogP) is 3.60. The summed E-state index contributed by atoms with van der Waals surface area (Å²) in [5, 5.41) is 16.8. The van der Waals surface area contributed by atoms with E-state index >= 15 is 0 Å². The lowest BCUT2D eigenvalue weighted by atomic mass is 9.79. The summed E-state index contributed by atoms with van der Waals surface area (Å²) < 4.78 is 5.20. The molecule has 1 aliphatic rings. The molecule has 8 nitrogen and oxygen atoms in total.